The summed E-state index contributed by atoms with van der Waals surface area (Å²) in [6.07, 6.45) is 9.58. The number of rotatable bonds is 4. The number of ether oxygens (including phenoxy) is 1. The normalized spacial score (nSPS) is 32.5. The van der Waals surface area contributed by atoms with Crippen LogP contribution in [0.2, 0.25) is 0 Å². The van der Waals surface area contributed by atoms with Gasteiger partial charge in [0.25, 0.3) is 5.91 Å². The van der Waals surface area contributed by atoms with E-state index in [1.54, 1.807) is 31.4 Å². The van der Waals surface area contributed by atoms with Crippen LogP contribution < -0.4 is 15.0 Å². The SMILES string of the molecule is COc1ccc(N2C(=O)N[C@@H](CC(=O)N3CCCC4=C[C@H]5C[C@@H](CN6CCCC[C@H]56)[C@@H]43)C2=O)cc1. The molecule has 4 heterocycles. The van der Waals surface area contributed by atoms with E-state index in [1.165, 1.54) is 31.4 Å². The average Bonchev–Trinajstić information content (AvgIpc) is 3.16. The minimum atomic E-state index is -0.833. The number of amides is 4. The molecule has 1 N–H and O–H groups in total. The first kappa shape index (κ1) is 22.6. The van der Waals surface area contributed by atoms with Crippen molar-refractivity contribution in [2.75, 3.05) is 31.6 Å². The zero-order chi connectivity index (χ0) is 24.1. The first-order valence-corrected chi connectivity index (χ1v) is 13.1. The Balaban J connectivity index is 1.17. The van der Waals surface area contributed by atoms with Crippen molar-refractivity contribution in [3.8, 4) is 5.75 Å². The van der Waals surface area contributed by atoms with Gasteiger partial charge in [-0.05, 0) is 74.8 Å². The standard InChI is InChI=1S/C27H34N4O4/c1-35-21-9-7-20(8-10-21)31-26(33)22(28-27(31)34)15-24(32)30-12-4-5-17-13-18-14-19(25(17)30)16-29-11-3-2-6-23(18)29/h7-10,13,18-19,22-23,25H,2-6,11-12,14-16H2,1H3,(H,28,34)/t18-,19-,22-,23+,25+/m0/s1. The van der Waals surface area contributed by atoms with Gasteiger partial charge in [-0.25, -0.2) is 9.69 Å². The van der Waals surface area contributed by atoms with Crippen LogP contribution in [0.1, 0.15) is 44.9 Å². The summed E-state index contributed by atoms with van der Waals surface area (Å²) in [5.74, 6) is 1.32. The molecule has 0 spiro atoms. The third-order valence-electron chi connectivity index (χ3n) is 8.71. The van der Waals surface area contributed by atoms with E-state index in [2.05, 4.69) is 16.3 Å². The molecule has 0 saturated carbocycles. The van der Waals surface area contributed by atoms with Crippen LogP contribution >= 0.6 is 0 Å². The Morgan fingerprint density at radius 2 is 1.94 bits per heavy atom. The molecule has 6 rings (SSSR count). The fraction of sp³-hybridized carbons (Fsp3) is 0.593. The molecule has 5 aliphatic rings. The topological polar surface area (TPSA) is 82.2 Å². The van der Waals surface area contributed by atoms with Crippen molar-refractivity contribution >= 4 is 23.5 Å². The largest absolute Gasteiger partial charge is 0.497 e. The highest BCUT2D eigenvalue weighted by molar-refractivity contribution is 6.22. The number of hydrogen-bond acceptors (Lipinski definition) is 5. The smallest absolute Gasteiger partial charge is 0.329 e. The van der Waals surface area contributed by atoms with Crippen LogP contribution in [0.25, 0.3) is 0 Å². The summed E-state index contributed by atoms with van der Waals surface area (Å²) >= 11 is 0. The molecule has 8 heteroatoms. The number of nitrogens with one attached hydrogen (secondary N) is 1. The number of methoxy groups -OCH3 is 1. The quantitative estimate of drug-likeness (QED) is 0.532. The van der Waals surface area contributed by atoms with Gasteiger partial charge in [0.05, 0.1) is 25.3 Å². The van der Waals surface area contributed by atoms with Gasteiger partial charge in [0.15, 0.2) is 0 Å². The second-order valence-electron chi connectivity index (χ2n) is 10.7. The Bertz CT molecular complexity index is 1050. The summed E-state index contributed by atoms with van der Waals surface area (Å²) in [6, 6.07) is 6.28. The minimum Gasteiger partial charge on any atom is -0.497 e. The van der Waals surface area contributed by atoms with Gasteiger partial charge in [0.1, 0.15) is 11.8 Å². The number of anilines is 1. The van der Waals surface area contributed by atoms with E-state index in [1.807, 2.05) is 4.90 Å². The van der Waals surface area contributed by atoms with Crippen molar-refractivity contribution in [2.24, 2.45) is 11.8 Å². The maximum Gasteiger partial charge on any atom is 0.329 e. The molecule has 1 aromatic carbocycles. The molecule has 0 unspecified atom stereocenters. The monoisotopic (exact) mass is 478 g/mol. The zero-order valence-electron chi connectivity index (χ0n) is 20.3. The van der Waals surface area contributed by atoms with Crippen molar-refractivity contribution in [3.05, 3.63) is 35.9 Å². The average molecular weight is 479 g/mol. The summed E-state index contributed by atoms with van der Waals surface area (Å²) in [5, 5.41) is 2.74. The van der Waals surface area contributed by atoms with Crippen molar-refractivity contribution in [1.29, 1.82) is 0 Å². The van der Waals surface area contributed by atoms with E-state index >= 15 is 0 Å². The van der Waals surface area contributed by atoms with Gasteiger partial charge in [0.2, 0.25) is 5.91 Å². The number of imide groups is 1. The Morgan fingerprint density at radius 1 is 1.11 bits per heavy atom. The van der Waals surface area contributed by atoms with Crippen LogP contribution in [-0.4, -0.2) is 72.5 Å². The summed E-state index contributed by atoms with van der Waals surface area (Å²) < 4.78 is 5.17. The maximum absolute atomic E-state index is 13.6. The highest BCUT2D eigenvalue weighted by Crippen LogP contribution is 2.45. The molecule has 186 valence electrons. The van der Waals surface area contributed by atoms with Gasteiger partial charge in [-0.3, -0.25) is 14.5 Å². The van der Waals surface area contributed by atoms with Crippen LogP contribution in [0.15, 0.2) is 35.9 Å². The molecule has 5 atom stereocenters. The maximum atomic E-state index is 13.6. The number of carbonyl (C=O) groups excluding carboxylic acids is 3. The highest BCUT2D eigenvalue weighted by atomic mass is 16.5. The molecular weight excluding hydrogens is 444 g/mol. The second kappa shape index (κ2) is 8.97. The van der Waals surface area contributed by atoms with E-state index in [4.69, 9.17) is 4.74 Å². The Morgan fingerprint density at radius 3 is 2.74 bits per heavy atom. The van der Waals surface area contributed by atoms with Crippen LogP contribution in [0, 0.1) is 11.8 Å². The zero-order valence-corrected chi connectivity index (χ0v) is 20.3. The molecule has 4 aliphatic heterocycles. The molecular formula is C27H34N4O4. The number of nitrogens with zero attached hydrogens (tertiary/aromatic N) is 3. The van der Waals surface area contributed by atoms with E-state index in [0.29, 0.717) is 29.3 Å². The number of piperidine rings is 3. The number of carbonyl (C=O) groups is 3. The molecule has 1 aliphatic carbocycles. The summed E-state index contributed by atoms with van der Waals surface area (Å²) in [5.41, 5.74) is 1.90. The predicted molar refractivity (Wildman–Crippen MR) is 131 cm³/mol. The lowest BCUT2D eigenvalue weighted by Crippen LogP contribution is -2.60. The highest BCUT2D eigenvalue weighted by Gasteiger charge is 2.48. The van der Waals surface area contributed by atoms with E-state index in [0.717, 1.165) is 37.3 Å². The van der Waals surface area contributed by atoms with Gasteiger partial charge in [-0.15, -0.1) is 0 Å². The molecule has 4 amide bonds. The molecule has 0 radical (unpaired) electrons. The predicted octanol–water partition coefficient (Wildman–Crippen LogP) is 2.93. The molecule has 2 bridgehead atoms. The molecule has 0 aromatic heterocycles. The second-order valence-corrected chi connectivity index (χ2v) is 10.7. The van der Waals surface area contributed by atoms with Crippen molar-refractivity contribution in [2.45, 2.75) is 63.1 Å². The third kappa shape index (κ3) is 3.92. The number of fused-ring (bicyclic) bond motifs is 6. The summed E-state index contributed by atoms with van der Waals surface area (Å²) in [7, 11) is 1.57. The minimum absolute atomic E-state index is 0.00347. The summed E-state index contributed by atoms with van der Waals surface area (Å²) in [6.45, 7) is 2.96. The number of likely N-dealkylation sites (tertiary alicyclic amines) is 1. The molecule has 4 saturated heterocycles. The van der Waals surface area contributed by atoms with E-state index in [-0.39, 0.29) is 24.3 Å². The van der Waals surface area contributed by atoms with E-state index in [9.17, 15) is 14.4 Å². The number of benzene rings is 1. The first-order valence-electron chi connectivity index (χ1n) is 13.1. The van der Waals surface area contributed by atoms with Crippen LogP contribution in [0.5, 0.6) is 5.75 Å². The first-order chi connectivity index (χ1) is 17.0. The van der Waals surface area contributed by atoms with Crippen LogP contribution in [0.4, 0.5) is 10.5 Å². The van der Waals surface area contributed by atoms with Gasteiger partial charge in [0, 0.05) is 19.1 Å². The molecule has 8 nitrogen and oxygen atoms in total. The van der Waals surface area contributed by atoms with E-state index < -0.39 is 12.1 Å². The van der Waals surface area contributed by atoms with Gasteiger partial charge < -0.3 is 15.0 Å². The molecule has 4 fully saturated rings. The van der Waals surface area contributed by atoms with Gasteiger partial charge >= 0.3 is 6.03 Å². The lowest BCUT2D eigenvalue weighted by Gasteiger charge is -2.54. The molecule has 35 heavy (non-hydrogen) atoms. The van der Waals surface area contributed by atoms with Crippen molar-refractivity contribution in [1.82, 2.24) is 15.1 Å². The summed E-state index contributed by atoms with van der Waals surface area (Å²) in [4.78, 5) is 45.2. The van der Waals surface area contributed by atoms with Gasteiger partial charge in [-0.2, -0.15) is 0 Å². The fourth-order valence-corrected chi connectivity index (χ4v) is 7.19. The lowest BCUT2D eigenvalue weighted by molar-refractivity contribution is -0.138. The third-order valence-corrected chi connectivity index (χ3v) is 8.71. The number of hydrogen-bond donors (Lipinski definition) is 1. The van der Waals surface area contributed by atoms with Crippen LogP contribution in [-0.2, 0) is 9.59 Å². The Kier molecular flexibility index (Phi) is 5.79. The van der Waals surface area contributed by atoms with Crippen LogP contribution in [0.3, 0.4) is 0 Å². The molecule has 1 aromatic rings. The van der Waals surface area contributed by atoms with Crippen molar-refractivity contribution < 1.29 is 19.1 Å². The van der Waals surface area contributed by atoms with Gasteiger partial charge in [-0.1, -0.05) is 18.1 Å². The van der Waals surface area contributed by atoms with Crippen molar-refractivity contribution in [3.63, 3.8) is 0 Å². The lowest BCUT2D eigenvalue weighted by atomic mass is 9.68. The number of urea groups is 1. The Labute approximate surface area is 206 Å². The fourth-order valence-electron chi connectivity index (χ4n) is 7.19. The Hall–Kier alpha value is -2.87.